The average Bonchev–Trinajstić information content (AvgIpc) is 3.01. The molecule has 0 spiro atoms. The molecule has 2 aliphatic heterocycles. The monoisotopic (exact) mass is 264 g/mol. The van der Waals surface area contributed by atoms with Gasteiger partial charge < -0.3 is 10.2 Å². The third-order valence-corrected chi connectivity index (χ3v) is 4.56. The Labute approximate surface area is 114 Å². The molecule has 1 aromatic heterocycles. The van der Waals surface area contributed by atoms with Gasteiger partial charge in [0.2, 0.25) is 0 Å². The fraction of sp³-hybridized carbons (Fsp3) is 0.786. The number of rotatable bonds is 3. The van der Waals surface area contributed by atoms with Crippen LogP contribution in [0.3, 0.4) is 0 Å². The zero-order chi connectivity index (χ0) is 13.2. The summed E-state index contributed by atoms with van der Waals surface area (Å²) < 4.78 is 5.27. The van der Waals surface area contributed by atoms with Crippen molar-refractivity contribution in [2.45, 2.75) is 44.8 Å². The summed E-state index contributed by atoms with van der Waals surface area (Å²) in [6.45, 7) is 7.57. The van der Waals surface area contributed by atoms with E-state index in [0.29, 0.717) is 12.1 Å². The third kappa shape index (κ3) is 2.99. The molecule has 2 N–H and O–H groups in total. The van der Waals surface area contributed by atoms with Crippen molar-refractivity contribution in [2.75, 3.05) is 26.2 Å². The highest BCUT2D eigenvalue weighted by molar-refractivity contribution is 5.05. The molecule has 19 heavy (non-hydrogen) atoms. The maximum absolute atomic E-state index is 5.97. The van der Waals surface area contributed by atoms with Crippen LogP contribution >= 0.6 is 0 Å². The molecule has 2 aliphatic rings. The molecule has 5 heteroatoms. The summed E-state index contributed by atoms with van der Waals surface area (Å²) in [5.41, 5.74) is 7.06. The van der Waals surface area contributed by atoms with Crippen LogP contribution in [0, 0.1) is 6.92 Å². The van der Waals surface area contributed by atoms with Crippen LogP contribution in [0.25, 0.3) is 0 Å². The van der Waals surface area contributed by atoms with E-state index in [1.165, 1.54) is 26.1 Å². The van der Waals surface area contributed by atoms with E-state index in [2.05, 4.69) is 14.8 Å². The van der Waals surface area contributed by atoms with Gasteiger partial charge in [-0.1, -0.05) is 0 Å². The summed E-state index contributed by atoms with van der Waals surface area (Å²) in [4.78, 5) is 9.40. The van der Waals surface area contributed by atoms with Crippen LogP contribution in [0.1, 0.15) is 30.7 Å². The summed E-state index contributed by atoms with van der Waals surface area (Å²) in [5, 5.41) is 0. The van der Waals surface area contributed by atoms with Crippen molar-refractivity contribution in [3.8, 4) is 0 Å². The predicted molar refractivity (Wildman–Crippen MR) is 73.7 cm³/mol. The summed E-state index contributed by atoms with van der Waals surface area (Å²) in [7, 11) is 0. The van der Waals surface area contributed by atoms with Crippen LogP contribution in [0.15, 0.2) is 10.8 Å². The molecule has 0 saturated carbocycles. The van der Waals surface area contributed by atoms with Gasteiger partial charge in [-0.3, -0.25) is 9.80 Å². The summed E-state index contributed by atoms with van der Waals surface area (Å²) in [5.74, 6) is 0.951. The second-order valence-electron chi connectivity index (χ2n) is 5.91. The molecule has 0 bridgehead atoms. The van der Waals surface area contributed by atoms with Crippen molar-refractivity contribution in [3.63, 3.8) is 0 Å². The molecule has 2 saturated heterocycles. The Bertz CT molecular complexity index is 411. The van der Waals surface area contributed by atoms with Gasteiger partial charge >= 0.3 is 0 Å². The maximum Gasteiger partial charge on any atom is 0.181 e. The number of oxazole rings is 1. The Morgan fingerprint density at radius 1 is 1.32 bits per heavy atom. The first-order valence-corrected chi connectivity index (χ1v) is 7.33. The minimum atomic E-state index is 0.423. The van der Waals surface area contributed by atoms with Gasteiger partial charge in [-0.15, -0.1) is 0 Å². The minimum Gasteiger partial charge on any atom is -0.448 e. The second kappa shape index (κ2) is 5.61. The highest BCUT2D eigenvalue weighted by atomic mass is 16.3. The Morgan fingerprint density at radius 3 is 2.79 bits per heavy atom. The number of aryl methyl sites for hydroxylation is 1. The van der Waals surface area contributed by atoms with Gasteiger partial charge in [0.25, 0.3) is 0 Å². The molecule has 1 atom stereocenters. The van der Waals surface area contributed by atoms with E-state index in [4.69, 9.17) is 10.2 Å². The number of piperidine rings is 1. The van der Waals surface area contributed by atoms with Crippen LogP contribution < -0.4 is 5.73 Å². The molecule has 5 nitrogen and oxygen atoms in total. The standard InChI is InChI=1S/C14H24N4O/c1-11-14(16-10-19-11)9-17-5-4-13(8-17)18-6-2-12(15)3-7-18/h10,12-13H,2-9,15H2,1H3. The molecule has 0 aliphatic carbocycles. The lowest BCUT2D eigenvalue weighted by atomic mass is 10.0. The summed E-state index contributed by atoms with van der Waals surface area (Å²) in [6.07, 6.45) is 5.12. The zero-order valence-corrected chi connectivity index (χ0v) is 11.7. The molecule has 106 valence electrons. The van der Waals surface area contributed by atoms with E-state index in [0.717, 1.165) is 37.4 Å². The topological polar surface area (TPSA) is 58.5 Å². The van der Waals surface area contributed by atoms with Gasteiger partial charge in [-0.2, -0.15) is 0 Å². The number of hydrogen-bond acceptors (Lipinski definition) is 5. The van der Waals surface area contributed by atoms with Gasteiger partial charge in [0, 0.05) is 31.7 Å². The van der Waals surface area contributed by atoms with E-state index < -0.39 is 0 Å². The Balaban J connectivity index is 1.51. The van der Waals surface area contributed by atoms with Crippen molar-refractivity contribution >= 4 is 0 Å². The fourth-order valence-electron chi connectivity index (χ4n) is 3.23. The second-order valence-corrected chi connectivity index (χ2v) is 5.91. The maximum atomic E-state index is 5.97. The normalized spacial score (nSPS) is 27.2. The average molecular weight is 264 g/mol. The van der Waals surface area contributed by atoms with Crippen LogP contribution in [0.5, 0.6) is 0 Å². The van der Waals surface area contributed by atoms with Gasteiger partial charge in [-0.25, -0.2) is 4.98 Å². The first kappa shape index (κ1) is 13.1. The van der Waals surface area contributed by atoms with Crippen LogP contribution in [-0.2, 0) is 6.54 Å². The first-order chi connectivity index (χ1) is 9.22. The molecule has 1 aromatic rings. The lowest BCUT2D eigenvalue weighted by Crippen LogP contribution is -2.46. The van der Waals surface area contributed by atoms with Gasteiger partial charge in [0.05, 0.1) is 5.69 Å². The van der Waals surface area contributed by atoms with E-state index in [1.807, 2.05) is 6.92 Å². The van der Waals surface area contributed by atoms with Crippen molar-refractivity contribution in [1.82, 2.24) is 14.8 Å². The van der Waals surface area contributed by atoms with Crippen LogP contribution in [0.2, 0.25) is 0 Å². The fourth-order valence-corrected chi connectivity index (χ4v) is 3.23. The highest BCUT2D eigenvalue weighted by Crippen LogP contribution is 2.21. The van der Waals surface area contributed by atoms with Crippen molar-refractivity contribution in [3.05, 3.63) is 17.8 Å². The van der Waals surface area contributed by atoms with Crippen LogP contribution in [0.4, 0.5) is 0 Å². The van der Waals surface area contributed by atoms with Crippen molar-refractivity contribution in [2.24, 2.45) is 5.73 Å². The van der Waals surface area contributed by atoms with Crippen molar-refractivity contribution < 1.29 is 4.42 Å². The molecule has 1 unspecified atom stereocenters. The van der Waals surface area contributed by atoms with E-state index in [1.54, 1.807) is 6.39 Å². The number of nitrogens with zero attached hydrogens (tertiary/aromatic N) is 3. The molecule has 2 fully saturated rings. The molecular weight excluding hydrogens is 240 g/mol. The quantitative estimate of drug-likeness (QED) is 0.882. The van der Waals surface area contributed by atoms with Gasteiger partial charge in [0.1, 0.15) is 5.76 Å². The molecule has 0 radical (unpaired) electrons. The number of nitrogens with two attached hydrogens (primary N) is 1. The van der Waals surface area contributed by atoms with Gasteiger partial charge in [-0.05, 0) is 39.3 Å². The largest absolute Gasteiger partial charge is 0.448 e. The Kier molecular flexibility index (Phi) is 3.86. The van der Waals surface area contributed by atoms with Crippen molar-refractivity contribution in [1.29, 1.82) is 0 Å². The summed E-state index contributed by atoms with van der Waals surface area (Å²) >= 11 is 0. The minimum absolute atomic E-state index is 0.423. The summed E-state index contributed by atoms with van der Waals surface area (Å²) in [6, 6.07) is 1.13. The first-order valence-electron chi connectivity index (χ1n) is 7.33. The van der Waals surface area contributed by atoms with Gasteiger partial charge in [0.15, 0.2) is 6.39 Å². The number of likely N-dealkylation sites (tertiary alicyclic amines) is 2. The molecule has 3 rings (SSSR count). The molecule has 0 amide bonds. The number of aromatic nitrogens is 1. The SMILES string of the molecule is Cc1ocnc1CN1CCC(N2CCC(N)CC2)C1. The third-order valence-electron chi connectivity index (χ3n) is 4.56. The molecular formula is C14H24N4O. The Hall–Kier alpha value is -0.910. The molecule has 3 heterocycles. The molecule has 0 aromatic carbocycles. The van der Waals surface area contributed by atoms with E-state index in [-0.39, 0.29) is 0 Å². The lowest BCUT2D eigenvalue weighted by molar-refractivity contribution is 0.151. The lowest BCUT2D eigenvalue weighted by Gasteiger charge is -2.34. The predicted octanol–water partition coefficient (Wildman–Crippen LogP) is 0.980. The zero-order valence-electron chi connectivity index (χ0n) is 11.7. The van der Waals surface area contributed by atoms with E-state index >= 15 is 0 Å². The van der Waals surface area contributed by atoms with E-state index in [9.17, 15) is 0 Å². The smallest absolute Gasteiger partial charge is 0.181 e. The Morgan fingerprint density at radius 2 is 2.11 bits per heavy atom. The highest BCUT2D eigenvalue weighted by Gasteiger charge is 2.30. The van der Waals surface area contributed by atoms with Crippen LogP contribution in [-0.4, -0.2) is 53.0 Å². The number of hydrogen-bond donors (Lipinski definition) is 1.